The Morgan fingerprint density at radius 3 is 2.64 bits per heavy atom. The molecule has 0 saturated heterocycles. The molecule has 0 N–H and O–H groups in total. The van der Waals surface area contributed by atoms with E-state index in [2.05, 4.69) is 20.2 Å². The Bertz CT molecular complexity index is 831. The molecule has 0 aromatic carbocycles. The summed E-state index contributed by atoms with van der Waals surface area (Å²) in [6, 6.07) is 7.25. The van der Waals surface area contributed by atoms with Crippen LogP contribution in [-0.2, 0) is 7.05 Å². The fourth-order valence-electron chi connectivity index (χ4n) is 2.19. The zero-order valence-electron chi connectivity index (χ0n) is 12.4. The minimum absolute atomic E-state index is 0.474. The SMILES string of the molecule is COc1ccc(Cl)c(-c2nnc(-c3cccnc3C)n2C)n1. The molecular formula is C15H14ClN5O. The van der Waals surface area contributed by atoms with Crippen LogP contribution in [0.5, 0.6) is 5.88 Å². The van der Waals surface area contributed by atoms with Crippen molar-refractivity contribution in [3.05, 3.63) is 41.2 Å². The van der Waals surface area contributed by atoms with Crippen LogP contribution in [0.1, 0.15) is 5.69 Å². The zero-order chi connectivity index (χ0) is 15.7. The summed E-state index contributed by atoms with van der Waals surface area (Å²) in [6.07, 6.45) is 1.75. The zero-order valence-corrected chi connectivity index (χ0v) is 13.2. The number of aryl methyl sites for hydroxylation is 1. The minimum Gasteiger partial charge on any atom is -0.481 e. The molecule has 0 atom stereocenters. The molecule has 0 radical (unpaired) electrons. The van der Waals surface area contributed by atoms with E-state index in [-0.39, 0.29) is 0 Å². The maximum absolute atomic E-state index is 6.23. The van der Waals surface area contributed by atoms with Gasteiger partial charge in [0.2, 0.25) is 5.88 Å². The van der Waals surface area contributed by atoms with E-state index in [1.54, 1.807) is 25.4 Å². The van der Waals surface area contributed by atoms with Crippen molar-refractivity contribution >= 4 is 11.6 Å². The van der Waals surface area contributed by atoms with Gasteiger partial charge in [0.1, 0.15) is 5.69 Å². The van der Waals surface area contributed by atoms with Crippen LogP contribution >= 0.6 is 11.6 Å². The van der Waals surface area contributed by atoms with Crippen molar-refractivity contribution in [2.75, 3.05) is 7.11 Å². The molecule has 22 heavy (non-hydrogen) atoms. The average molecular weight is 316 g/mol. The second-order valence-electron chi connectivity index (χ2n) is 4.73. The predicted octanol–water partition coefficient (Wildman–Crippen LogP) is 2.91. The van der Waals surface area contributed by atoms with Crippen molar-refractivity contribution in [1.82, 2.24) is 24.7 Å². The van der Waals surface area contributed by atoms with Gasteiger partial charge >= 0.3 is 0 Å². The first-order chi connectivity index (χ1) is 10.6. The first kappa shape index (κ1) is 14.5. The Hall–Kier alpha value is -2.47. The maximum Gasteiger partial charge on any atom is 0.213 e. The molecule has 112 valence electrons. The number of aromatic nitrogens is 5. The van der Waals surface area contributed by atoms with E-state index in [1.165, 1.54) is 0 Å². The van der Waals surface area contributed by atoms with E-state index in [4.69, 9.17) is 16.3 Å². The minimum atomic E-state index is 0.474. The van der Waals surface area contributed by atoms with E-state index in [0.29, 0.717) is 28.2 Å². The van der Waals surface area contributed by atoms with Gasteiger partial charge in [-0.2, -0.15) is 0 Å². The molecule has 0 fully saturated rings. The van der Waals surface area contributed by atoms with Gasteiger partial charge in [-0.1, -0.05) is 11.6 Å². The number of halogens is 1. The van der Waals surface area contributed by atoms with Crippen LogP contribution in [0.25, 0.3) is 22.9 Å². The number of methoxy groups -OCH3 is 1. The molecule has 3 rings (SSSR count). The van der Waals surface area contributed by atoms with E-state index >= 15 is 0 Å². The van der Waals surface area contributed by atoms with E-state index in [0.717, 1.165) is 11.3 Å². The summed E-state index contributed by atoms with van der Waals surface area (Å²) in [4.78, 5) is 8.64. The molecule has 0 bridgehead atoms. The fraction of sp³-hybridized carbons (Fsp3) is 0.200. The molecule has 3 aromatic heterocycles. The molecule has 7 heteroatoms. The highest BCUT2D eigenvalue weighted by atomic mass is 35.5. The van der Waals surface area contributed by atoms with Crippen molar-refractivity contribution in [1.29, 1.82) is 0 Å². The molecule has 0 saturated carbocycles. The number of hydrogen-bond acceptors (Lipinski definition) is 5. The molecule has 0 spiro atoms. The number of nitrogens with zero attached hydrogens (tertiary/aromatic N) is 5. The third-order valence-electron chi connectivity index (χ3n) is 3.36. The van der Waals surface area contributed by atoms with Gasteiger partial charge in [-0.3, -0.25) is 4.98 Å². The second-order valence-corrected chi connectivity index (χ2v) is 5.13. The lowest BCUT2D eigenvalue weighted by Gasteiger charge is -2.07. The molecule has 0 aliphatic heterocycles. The lowest BCUT2D eigenvalue weighted by atomic mass is 10.2. The summed E-state index contributed by atoms with van der Waals surface area (Å²) >= 11 is 6.23. The monoisotopic (exact) mass is 315 g/mol. The average Bonchev–Trinajstić information content (AvgIpc) is 2.90. The Balaban J connectivity index is 2.14. The molecular weight excluding hydrogens is 302 g/mol. The first-order valence-corrected chi connectivity index (χ1v) is 7.02. The molecule has 3 aromatic rings. The summed E-state index contributed by atoms with van der Waals surface area (Å²) in [6.45, 7) is 1.93. The number of rotatable bonds is 3. The normalized spacial score (nSPS) is 10.7. The maximum atomic E-state index is 6.23. The van der Waals surface area contributed by atoms with E-state index < -0.39 is 0 Å². The Kier molecular flexibility index (Phi) is 3.77. The summed E-state index contributed by atoms with van der Waals surface area (Å²) in [5, 5.41) is 8.97. The van der Waals surface area contributed by atoms with Crippen LogP contribution in [-0.4, -0.2) is 31.8 Å². The molecule has 0 aliphatic carbocycles. The summed E-state index contributed by atoms with van der Waals surface area (Å²) in [5.41, 5.74) is 2.33. The van der Waals surface area contributed by atoms with Gasteiger partial charge in [0.15, 0.2) is 11.6 Å². The number of hydrogen-bond donors (Lipinski definition) is 0. The third-order valence-corrected chi connectivity index (χ3v) is 3.67. The van der Waals surface area contributed by atoms with Gasteiger partial charge in [-0.25, -0.2) is 4.98 Å². The van der Waals surface area contributed by atoms with Crippen LogP contribution < -0.4 is 4.74 Å². The highest BCUT2D eigenvalue weighted by Crippen LogP contribution is 2.29. The van der Waals surface area contributed by atoms with Crippen molar-refractivity contribution in [2.24, 2.45) is 7.05 Å². The lowest BCUT2D eigenvalue weighted by molar-refractivity contribution is 0.398. The molecule has 0 unspecified atom stereocenters. The summed E-state index contributed by atoms with van der Waals surface area (Å²) < 4.78 is 6.99. The van der Waals surface area contributed by atoms with Gasteiger partial charge in [-0.15, -0.1) is 10.2 Å². The second kappa shape index (κ2) is 5.73. The van der Waals surface area contributed by atoms with Gasteiger partial charge in [-0.05, 0) is 25.1 Å². The van der Waals surface area contributed by atoms with E-state index in [1.807, 2.05) is 30.7 Å². The smallest absolute Gasteiger partial charge is 0.213 e. The van der Waals surface area contributed by atoms with Gasteiger partial charge < -0.3 is 9.30 Å². The third kappa shape index (κ3) is 2.42. The van der Waals surface area contributed by atoms with Crippen molar-refractivity contribution in [3.63, 3.8) is 0 Å². The number of pyridine rings is 2. The fourth-order valence-corrected chi connectivity index (χ4v) is 2.38. The Morgan fingerprint density at radius 2 is 1.91 bits per heavy atom. The van der Waals surface area contributed by atoms with Crippen LogP contribution in [0.2, 0.25) is 5.02 Å². The first-order valence-electron chi connectivity index (χ1n) is 6.64. The van der Waals surface area contributed by atoms with Gasteiger partial charge in [0, 0.05) is 30.6 Å². The van der Waals surface area contributed by atoms with Gasteiger partial charge in [0.25, 0.3) is 0 Å². The molecule has 6 nitrogen and oxygen atoms in total. The van der Waals surface area contributed by atoms with Crippen molar-refractivity contribution in [3.8, 4) is 28.8 Å². The molecule has 3 heterocycles. The topological polar surface area (TPSA) is 65.7 Å². The van der Waals surface area contributed by atoms with Crippen LogP contribution in [0.4, 0.5) is 0 Å². The van der Waals surface area contributed by atoms with Crippen LogP contribution in [0.15, 0.2) is 30.5 Å². The molecule has 0 aliphatic rings. The van der Waals surface area contributed by atoms with Crippen LogP contribution in [0.3, 0.4) is 0 Å². The lowest BCUT2D eigenvalue weighted by Crippen LogP contribution is -2.00. The van der Waals surface area contributed by atoms with E-state index in [9.17, 15) is 0 Å². The Morgan fingerprint density at radius 1 is 1.14 bits per heavy atom. The largest absolute Gasteiger partial charge is 0.481 e. The van der Waals surface area contributed by atoms with Crippen LogP contribution in [0, 0.1) is 6.92 Å². The number of ether oxygens (including phenoxy) is 1. The van der Waals surface area contributed by atoms with Crippen molar-refractivity contribution < 1.29 is 4.74 Å². The Labute approximate surface area is 132 Å². The predicted molar refractivity (Wildman–Crippen MR) is 83.8 cm³/mol. The van der Waals surface area contributed by atoms with Crippen molar-refractivity contribution in [2.45, 2.75) is 6.92 Å². The standard InChI is InChI=1S/C15H14ClN5O/c1-9-10(5-4-8-17-9)14-19-20-15(21(14)2)13-11(16)6-7-12(18-13)22-3/h4-8H,1-3H3. The molecule has 0 amide bonds. The quantitative estimate of drug-likeness (QED) is 0.743. The highest BCUT2D eigenvalue weighted by Gasteiger charge is 2.18. The van der Waals surface area contributed by atoms with Gasteiger partial charge in [0.05, 0.1) is 12.1 Å². The highest BCUT2D eigenvalue weighted by molar-refractivity contribution is 6.32. The summed E-state index contributed by atoms with van der Waals surface area (Å²) in [7, 11) is 3.43. The summed E-state index contributed by atoms with van der Waals surface area (Å²) in [5.74, 6) is 1.75.